The Bertz CT molecular complexity index is 742. The first-order chi connectivity index (χ1) is 9.24. The molecule has 0 spiro atoms. The molecule has 1 heterocycles. The third-order valence-electron chi connectivity index (χ3n) is 3.07. The summed E-state index contributed by atoms with van der Waals surface area (Å²) in [6.07, 6.45) is 1.69. The van der Waals surface area contributed by atoms with Crippen LogP contribution in [0, 0.1) is 6.92 Å². The van der Waals surface area contributed by atoms with Crippen molar-refractivity contribution in [1.82, 2.24) is 4.98 Å². The van der Waals surface area contributed by atoms with Gasteiger partial charge in [0.15, 0.2) is 5.88 Å². The maximum absolute atomic E-state index is 9.96. The molecule has 2 N–H and O–H groups in total. The maximum Gasteiger partial charge on any atom is 0.198 e. The molecule has 0 bridgehead atoms. The predicted octanol–water partition coefficient (Wildman–Crippen LogP) is 3.93. The quantitative estimate of drug-likeness (QED) is 0.665. The van der Waals surface area contributed by atoms with Crippen molar-refractivity contribution in [2.24, 2.45) is 4.99 Å². The molecule has 3 aromatic rings. The summed E-state index contributed by atoms with van der Waals surface area (Å²) in [4.78, 5) is 7.35. The molecule has 0 aliphatic heterocycles. The fourth-order valence-corrected chi connectivity index (χ4v) is 2.10. The van der Waals surface area contributed by atoms with Crippen molar-refractivity contribution in [1.29, 1.82) is 0 Å². The lowest BCUT2D eigenvalue weighted by Gasteiger charge is -1.95. The van der Waals surface area contributed by atoms with Crippen LogP contribution in [0.1, 0.15) is 11.1 Å². The fourth-order valence-electron chi connectivity index (χ4n) is 2.10. The van der Waals surface area contributed by atoms with E-state index in [4.69, 9.17) is 0 Å². The second-order valence-corrected chi connectivity index (χ2v) is 4.53. The first kappa shape index (κ1) is 11.5. The molecule has 0 amide bonds. The molecule has 0 unspecified atom stereocenters. The number of aromatic nitrogens is 1. The molecule has 19 heavy (non-hydrogen) atoms. The molecule has 0 saturated carbocycles. The summed E-state index contributed by atoms with van der Waals surface area (Å²) in [5.74, 6) is 0.153. The van der Waals surface area contributed by atoms with E-state index in [1.54, 1.807) is 6.21 Å². The Morgan fingerprint density at radius 3 is 2.68 bits per heavy atom. The summed E-state index contributed by atoms with van der Waals surface area (Å²) in [5.41, 5.74) is 3.66. The van der Waals surface area contributed by atoms with E-state index in [1.165, 1.54) is 0 Å². The van der Waals surface area contributed by atoms with E-state index in [1.807, 2.05) is 55.5 Å². The topological polar surface area (TPSA) is 48.4 Å². The number of fused-ring (bicyclic) bond motifs is 1. The van der Waals surface area contributed by atoms with E-state index in [0.29, 0.717) is 0 Å². The van der Waals surface area contributed by atoms with Crippen LogP contribution in [0.3, 0.4) is 0 Å². The van der Waals surface area contributed by atoms with Gasteiger partial charge in [0.05, 0.1) is 11.3 Å². The molecule has 0 aliphatic rings. The highest BCUT2D eigenvalue weighted by Gasteiger charge is 2.08. The molecule has 3 rings (SSSR count). The normalized spacial score (nSPS) is 11.4. The zero-order chi connectivity index (χ0) is 13.2. The van der Waals surface area contributed by atoms with E-state index in [-0.39, 0.29) is 5.88 Å². The van der Waals surface area contributed by atoms with E-state index < -0.39 is 0 Å². The second-order valence-electron chi connectivity index (χ2n) is 4.53. The van der Waals surface area contributed by atoms with Gasteiger partial charge in [-0.15, -0.1) is 0 Å². The Kier molecular flexibility index (Phi) is 2.80. The van der Waals surface area contributed by atoms with Crippen molar-refractivity contribution in [2.45, 2.75) is 6.92 Å². The molecule has 0 aliphatic carbocycles. The summed E-state index contributed by atoms with van der Waals surface area (Å²) >= 11 is 0. The van der Waals surface area contributed by atoms with Gasteiger partial charge >= 0.3 is 0 Å². The van der Waals surface area contributed by atoms with Crippen molar-refractivity contribution in [3.05, 3.63) is 59.7 Å². The summed E-state index contributed by atoms with van der Waals surface area (Å²) < 4.78 is 0. The van der Waals surface area contributed by atoms with Crippen LogP contribution in [0.4, 0.5) is 5.69 Å². The number of rotatable bonds is 2. The molecular formula is C16H14N2O. The average Bonchev–Trinajstić information content (AvgIpc) is 2.72. The van der Waals surface area contributed by atoms with Crippen LogP contribution in [0.5, 0.6) is 5.88 Å². The zero-order valence-electron chi connectivity index (χ0n) is 10.6. The Hall–Kier alpha value is -2.55. The van der Waals surface area contributed by atoms with Crippen LogP contribution >= 0.6 is 0 Å². The van der Waals surface area contributed by atoms with Gasteiger partial charge in [-0.05, 0) is 30.7 Å². The molecule has 0 radical (unpaired) electrons. The van der Waals surface area contributed by atoms with Crippen LogP contribution in [-0.2, 0) is 0 Å². The third-order valence-corrected chi connectivity index (χ3v) is 3.07. The SMILES string of the molecule is Cc1ccc2c(C=Nc3ccccc3)c(O)[nH]c2c1. The van der Waals surface area contributed by atoms with Crippen LogP contribution in [0.15, 0.2) is 53.5 Å². The Morgan fingerprint density at radius 1 is 1.11 bits per heavy atom. The van der Waals surface area contributed by atoms with Crippen molar-refractivity contribution in [3.8, 4) is 5.88 Å². The van der Waals surface area contributed by atoms with Gasteiger partial charge in [-0.1, -0.05) is 30.3 Å². The highest BCUT2D eigenvalue weighted by molar-refractivity contribution is 6.02. The number of aromatic amines is 1. The first-order valence-electron chi connectivity index (χ1n) is 6.14. The van der Waals surface area contributed by atoms with Gasteiger partial charge in [0.1, 0.15) is 0 Å². The van der Waals surface area contributed by atoms with Gasteiger partial charge in [0.25, 0.3) is 0 Å². The Morgan fingerprint density at radius 2 is 1.89 bits per heavy atom. The van der Waals surface area contributed by atoms with Crippen molar-refractivity contribution in [2.75, 3.05) is 0 Å². The van der Waals surface area contributed by atoms with E-state index in [0.717, 1.165) is 27.7 Å². The molecule has 3 heteroatoms. The number of hydrogen-bond donors (Lipinski definition) is 2. The third kappa shape index (κ3) is 2.22. The zero-order valence-corrected chi connectivity index (χ0v) is 10.6. The van der Waals surface area contributed by atoms with Crippen molar-refractivity contribution < 1.29 is 5.11 Å². The molecule has 0 fully saturated rings. The second kappa shape index (κ2) is 4.61. The van der Waals surface area contributed by atoms with Gasteiger partial charge in [0.2, 0.25) is 0 Å². The van der Waals surface area contributed by atoms with Crippen LogP contribution < -0.4 is 0 Å². The summed E-state index contributed by atoms with van der Waals surface area (Å²) in [7, 11) is 0. The van der Waals surface area contributed by atoms with E-state index in [2.05, 4.69) is 9.98 Å². The van der Waals surface area contributed by atoms with Gasteiger partial charge in [0, 0.05) is 17.1 Å². The number of nitrogens with zero attached hydrogens (tertiary/aromatic N) is 1. The van der Waals surface area contributed by atoms with Gasteiger partial charge in [-0.25, -0.2) is 0 Å². The molecule has 0 saturated heterocycles. The molecule has 3 nitrogen and oxygen atoms in total. The number of aryl methyl sites for hydroxylation is 1. The molecule has 1 aromatic heterocycles. The summed E-state index contributed by atoms with van der Waals surface area (Å²) in [6, 6.07) is 15.7. The molecule has 94 valence electrons. The smallest absolute Gasteiger partial charge is 0.198 e. The molecule has 2 aromatic carbocycles. The molecular weight excluding hydrogens is 236 g/mol. The largest absolute Gasteiger partial charge is 0.494 e. The minimum absolute atomic E-state index is 0.153. The van der Waals surface area contributed by atoms with E-state index >= 15 is 0 Å². The number of H-pyrrole nitrogens is 1. The maximum atomic E-state index is 9.96. The van der Waals surface area contributed by atoms with E-state index in [9.17, 15) is 5.11 Å². The molecule has 0 atom stereocenters. The number of aromatic hydroxyl groups is 1. The number of hydrogen-bond acceptors (Lipinski definition) is 2. The number of para-hydroxylation sites is 1. The number of nitrogens with one attached hydrogen (secondary N) is 1. The van der Waals surface area contributed by atoms with Crippen LogP contribution in [-0.4, -0.2) is 16.3 Å². The Labute approximate surface area is 111 Å². The minimum Gasteiger partial charge on any atom is -0.494 e. The highest BCUT2D eigenvalue weighted by Crippen LogP contribution is 2.26. The number of benzene rings is 2. The van der Waals surface area contributed by atoms with Crippen molar-refractivity contribution in [3.63, 3.8) is 0 Å². The van der Waals surface area contributed by atoms with Crippen LogP contribution in [0.25, 0.3) is 10.9 Å². The fraction of sp³-hybridized carbons (Fsp3) is 0.0625. The van der Waals surface area contributed by atoms with Crippen LogP contribution in [0.2, 0.25) is 0 Å². The summed E-state index contributed by atoms with van der Waals surface area (Å²) in [5, 5.41) is 10.9. The van der Waals surface area contributed by atoms with Gasteiger partial charge in [-0.3, -0.25) is 4.99 Å². The lowest BCUT2D eigenvalue weighted by atomic mass is 10.1. The lowest BCUT2D eigenvalue weighted by molar-refractivity contribution is 0.457. The Balaban J connectivity index is 2.06. The summed E-state index contributed by atoms with van der Waals surface area (Å²) in [6.45, 7) is 2.02. The average molecular weight is 250 g/mol. The standard InChI is InChI=1S/C16H14N2O/c1-11-7-8-13-14(16(19)18-15(13)9-11)10-17-12-5-3-2-4-6-12/h2-10,18-19H,1H3. The predicted molar refractivity (Wildman–Crippen MR) is 78.4 cm³/mol. The lowest BCUT2D eigenvalue weighted by Crippen LogP contribution is -1.79. The monoisotopic (exact) mass is 250 g/mol. The first-order valence-corrected chi connectivity index (χ1v) is 6.14. The highest BCUT2D eigenvalue weighted by atomic mass is 16.3. The van der Waals surface area contributed by atoms with Gasteiger partial charge < -0.3 is 10.1 Å². The van der Waals surface area contributed by atoms with Crippen molar-refractivity contribution >= 4 is 22.8 Å². The minimum atomic E-state index is 0.153. The number of aliphatic imine (C=N–C) groups is 1. The van der Waals surface area contributed by atoms with Gasteiger partial charge in [-0.2, -0.15) is 0 Å².